The number of ether oxygens (including phenoxy) is 3. The molecule has 1 aliphatic heterocycles. The standard InChI is InChI=1S/C26H31NO5/c1-19-17-24(19)21-9-7-20(8-10-21)18-32-13-4-12-30-15-16-31-14-11-27-25(28)22-5-2-3-6-23(22)26(27)29/h2-3,5-10,19,24H,4,11-18H2,1H3/t19?,24-/m0/s1. The zero-order valence-corrected chi connectivity index (χ0v) is 18.6. The van der Waals surface area contributed by atoms with Crippen LogP contribution < -0.4 is 0 Å². The van der Waals surface area contributed by atoms with Crippen molar-refractivity contribution in [3.05, 3.63) is 70.8 Å². The number of nitrogens with zero attached hydrogens (tertiary/aromatic N) is 1. The molecule has 2 aliphatic rings. The van der Waals surface area contributed by atoms with Gasteiger partial charge in [-0.2, -0.15) is 0 Å². The van der Waals surface area contributed by atoms with Crippen LogP contribution in [0.3, 0.4) is 0 Å². The first-order valence-electron chi connectivity index (χ1n) is 11.4. The average molecular weight is 438 g/mol. The summed E-state index contributed by atoms with van der Waals surface area (Å²) >= 11 is 0. The lowest BCUT2D eigenvalue weighted by Crippen LogP contribution is -2.33. The summed E-state index contributed by atoms with van der Waals surface area (Å²) < 4.78 is 16.8. The monoisotopic (exact) mass is 437 g/mol. The number of fused-ring (bicyclic) bond motifs is 1. The van der Waals surface area contributed by atoms with Crippen molar-refractivity contribution in [3.63, 3.8) is 0 Å². The predicted octanol–water partition coefficient (Wildman–Crippen LogP) is 4.05. The van der Waals surface area contributed by atoms with E-state index < -0.39 is 0 Å². The molecule has 0 N–H and O–H groups in total. The van der Waals surface area contributed by atoms with E-state index in [1.807, 2.05) is 0 Å². The van der Waals surface area contributed by atoms with Crippen molar-refractivity contribution in [1.82, 2.24) is 4.90 Å². The third-order valence-electron chi connectivity index (χ3n) is 6.07. The third-order valence-corrected chi connectivity index (χ3v) is 6.07. The average Bonchev–Trinajstić information content (AvgIpc) is 3.50. The van der Waals surface area contributed by atoms with Crippen LogP contribution in [0.5, 0.6) is 0 Å². The summed E-state index contributed by atoms with van der Waals surface area (Å²) in [4.78, 5) is 25.8. The summed E-state index contributed by atoms with van der Waals surface area (Å²) in [5.74, 6) is 1.09. The number of imide groups is 1. The maximum Gasteiger partial charge on any atom is 0.261 e. The van der Waals surface area contributed by atoms with Crippen molar-refractivity contribution < 1.29 is 23.8 Å². The molecular formula is C26H31NO5. The second-order valence-electron chi connectivity index (χ2n) is 8.50. The smallest absolute Gasteiger partial charge is 0.261 e. The topological polar surface area (TPSA) is 65.1 Å². The lowest BCUT2D eigenvalue weighted by atomic mass is 10.1. The van der Waals surface area contributed by atoms with Gasteiger partial charge in [0.25, 0.3) is 11.8 Å². The summed E-state index contributed by atoms with van der Waals surface area (Å²) in [7, 11) is 0. The molecule has 1 unspecified atom stereocenters. The van der Waals surface area contributed by atoms with Gasteiger partial charge in [0, 0.05) is 13.2 Å². The fourth-order valence-corrected chi connectivity index (χ4v) is 4.02. The zero-order valence-electron chi connectivity index (χ0n) is 18.6. The Labute approximate surface area is 189 Å². The van der Waals surface area contributed by atoms with Crippen LogP contribution in [0.4, 0.5) is 0 Å². The normalized spacial score (nSPS) is 19.5. The Kier molecular flexibility index (Phi) is 7.68. The molecule has 2 amide bonds. The molecule has 0 bridgehead atoms. The quantitative estimate of drug-likeness (QED) is 0.349. The second kappa shape index (κ2) is 10.9. The van der Waals surface area contributed by atoms with Crippen LogP contribution in [-0.4, -0.2) is 56.3 Å². The van der Waals surface area contributed by atoms with Crippen molar-refractivity contribution in [2.24, 2.45) is 5.92 Å². The molecule has 170 valence electrons. The largest absolute Gasteiger partial charge is 0.379 e. The fourth-order valence-electron chi connectivity index (χ4n) is 4.02. The van der Waals surface area contributed by atoms with Gasteiger partial charge in [-0.3, -0.25) is 14.5 Å². The van der Waals surface area contributed by atoms with Crippen molar-refractivity contribution in [3.8, 4) is 0 Å². The molecule has 6 nitrogen and oxygen atoms in total. The van der Waals surface area contributed by atoms with Gasteiger partial charge < -0.3 is 14.2 Å². The number of benzene rings is 2. The van der Waals surface area contributed by atoms with Gasteiger partial charge in [-0.1, -0.05) is 43.3 Å². The first-order chi connectivity index (χ1) is 15.6. The molecule has 0 aromatic heterocycles. The molecular weight excluding hydrogens is 406 g/mol. The Morgan fingerprint density at radius 1 is 0.812 bits per heavy atom. The summed E-state index contributed by atoms with van der Waals surface area (Å²) in [6, 6.07) is 15.7. The minimum atomic E-state index is -0.251. The van der Waals surface area contributed by atoms with Crippen LogP contribution in [-0.2, 0) is 20.8 Å². The molecule has 32 heavy (non-hydrogen) atoms. The molecule has 0 spiro atoms. The van der Waals surface area contributed by atoms with Gasteiger partial charge in [0.05, 0.1) is 44.1 Å². The first kappa shape index (κ1) is 22.6. The highest BCUT2D eigenvalue weighted by atomic mass is 16.5. The van der Waals surface area contributed by atoms with Crippen molar-refractivity contribution in [1.29, 1.82) is 0 Å². The van der Waals surface area contributed by atoms with Crippen LogP contribution in [0.1, 0.15) is 57.5 Å². The Balaban J connectivity index is 0.990. The highest BCUT2D eigenvalue weighted by molar-refractivity contribution is 6.21. The lowest BCUT2D eigenvalue weighted by Gasteiger charge is -2.13. The maximum atomic E-state index is 12.3. The maximum absolute atomic E-state index is 12.3. The first-order valence-corrected chi connectivity index (χ1v) is 11.4. The molecule has 1 aliphatic carbocycles. The number of rotatable bonds is 13. The van der Waals surface area contributed by atoms with Gasteiger partial charge in [0.1, 0.15) is 0 Å². The number of hydrogen-bond donors (Lipinski definition) is 0. The zero-order chi connectivity index (χ0) is 22.3. The summed E-state index contributed by atoms with van der Waals surface area (Å²) in [5, 5.41) is 0. The molecule has 1 heterocycles. The molecule has 0 saturated heterocycles. The number of carbonyl (C=O) groups is 2. The Morgan fingerprint density at radius 2 is 1.41 bits per heavy atom. The predicted molar refractivity (Wildman–Crippen MR) is 121 cm³/mol. The highest BCUT2D eigenvalue weighted by Gasteiger charge is 2.35. The van der Waals surface area contributed by atoms with Gasteiger partial charge in [-0.05, 0) is 47.9 Å². The SMILES string of the molecule is CC1C[C@@H]1c1ccc(COCCCOCCOCCN2C(=O)c3ccccc3C2=O)cc1. The van der Waals surface area contributed by atoms with E-state index in [9.17, 15) is 9.59 Å². The number of carbonyl (C=O) groups excluding carboxylic acids is 2. The van der Waals surface area contributed by atoms with Gasteiger partial charge in [-0.25, -0.2) is 0 Å². The Bertz CT molecular complexity index is 891. The molecule has 1 fully saturated rings. The van der Waals surface area contributed by atoms with E-state index in [1.54, 1.807) is 24.3 Å². The van der Waals surface area contributed by atoms with Crippen molar-refractivity contribution in [2.45, 2.75) is 32.3 Å². The van der Waals surface area contributed by atoms with Crippen molar-refractivity contribution in [2.75, 3.05) is 39.6 Å². The minimum absolute atomic E-state index is 0.251. The lowest BCUT2D eigenvalue weighted by molar-refractivity contribution is 0.0270. The molecule has 2 atom stereocenters. The molecule has 4 rings (SSSR count). The van der Waals surface area contributed by atoms with E-state index in [4.69, 9.17) is 14.2 Å². The number of amides is 2. The molecule has 2 aromatic rings. The van der Waals surface area contributed by atoms with Crippen LogP contribution in [0.15, 0.2) is 48.5 Å². The second-order valence-corrected chi connectivity index (χ2v) is 8.50. The van der Waals surface area contributed by atoms with Gasteiger partial charge >= 0.3 is 0 Å². The Hall–Kier alpha value is -2.54. The van der Waals surface area contributed by atoms with Gasteiger partial charge in [-0.15, -0.1) is 0 Å². The van der Waals surface area contributed by atoms with Gasteiger partial charge in [0.2, 0.25) is 0 Å². The van der Waals surface area contributed by atoms with E-state index in [1.165, 1.54) is 22.4 Å². The van der Waals surface area contributed by atoms with Gasteiger partial charge in [0.15, 0.2) is 0 Å². The highest BCUT2D eigenvalue weighted by Crippen LogP contribution is 2.46. The van der Waals surface area contributed by atoms with E-state index in [0.717, 1.165) is 18.3 Å². The molecule has 1 saturated carbocycles. The van der Waals surface area contributed by atoms with Crippen LogP contribution >= 0.6 is 0 Å². The third kappa shape index (κ3) is 5.63. The van der Waals surface area contributed by atoms with Crippen LogP contribution in [0.25, 0.3) is 0 Å². The summed E-state index contributed by atoms with van der Waals surface area (Å²) in [5.41, 5.74) is 3.58. The molecule has 2 aromatic carbocycles. The summed E-state index contributed by atoms with van der Waals surface area (Å²) in [6.45, 7) is 5.65. The van der Waals surface area contributed by atoms with E-state index >= 15 is 0 Å². The van der Waals surface area contributed by atoms with E-state index in [2.05, 4.69) is 31.2 Å². The van der Waals surface area contributed by atoms with E-state index in [0.29, 0.717) is 50.8 Å². The van der Waals surface area contributed by atoms with Crippen LogP contribution in [0.2, 0.25) is 0 Å². The van der Waals surface area contributed by atoms with Crippen LogP contribution in [0, 0.1) is 5.92 Å². The minimum Gasteiger partial charge on any atom is -0.379 e. The van der Waals surface area contributed by atoms with Crippen molar-refractivity contribution >= 4 is 11.8 Å². The summed E-state index contributed by atoms with van der Waals surface area (Å²) in [6.07, 6.45) is 2.14. The fraction of sp³-hybridized carbons (Fsp3) is 0.462. The Morgan fingerprint density at radius 3 is 2.03 bits per heavy atom. The molecule has 0 radical (unpaired) electrons. The van der Waals surface area contributed by atoms with E-state index in [-0.39, 0.29) is 18.4 Å². The molecule has 6 heteroatoms. The number of hydrogen-bond acceptors (Lipinski definition) is 5.